The number of nitrogens with zero attached hydrogens (tertiary/aromatic N) is 2. The molecule has 0 radical (unpaired) electrons. The average Bonchev–Trinajstić information content (AvgIpc) is 2.63. The lowest BCUT2D eigenvalue weighted by Gasteiger charge is -2.70. The molecule has 8 unspecified atom stereocenters. The molecular weight excluding hydrogens is 326 g/mol. The van der Waals surface area contributed by atoms with Crippen LogP contribution in [0.15, 0.2) is 24.4 Å². The van der Waals surface area contributed by atoms with Crippen molar-refractivity contribution in [1.82, 2.24) is 15.1 Å². The van der Waals surface area contributed by atoms with E-state index in [2.05, 4.69) is 27.8 Å². The van der Waals surface area contributed by atoms with Crippen LogP contribution in [-0.4, -0.2) is 58.3 Å². The Morgan fingerprint density at radius 1 is 1.38 bits per heavy atom. The Labute approximate surface area is 157 Å². The SMILES string of the molecule is C=CCC1C2CC3CN1C1CC/C(=C/NC(C)=O)C2N1C3CCCCO. The highest BCUT2D eigenvalue weighted by Gasteiger charge is 2.60. The standard InChI is InChI=1S/C21H33N3O2/c1-3-6-19-17-11-16-13-23(19)20-9-8-15(12-22-14(2)26)21(17)24(20)18(16)7-4-5-10-25/h3,12,16-21,25H,1,4-11,13H2,2H3,(H,22,26)/b15-12-. The molecule has 0 spiro atoms. The highest BCUT2D eigenvalue weighted by atomic mass is 16.2. The quantitative estimate of drug-likeness (QED) is 0.541. The van der Waals surface area contributed by atoms with Crippen LogP contribution in [0.5, 0.6) is 0 Å². The molecule has 5 nitrogen and oxygen atoms in total. The molecule has 1 amide bonds. The van der Waals surface area contributed by atoms with E-state index in [1.54, 1.807) is 6.92 Å². The first kappa shape index (κ1) is 18.2. The van der Waals surface area contributed by atoms with Gasteiger partial charge in [0.15, 0.2) is 0 Å². The van der Waals surface area contributed by atoms with Gasteiger partial charge in [-0.05, 0) is 62.4 Å². The van der Waals surface area contributed by atoms with Gasteiger partial charge in [0.05, 0.1) is 6.17 Å². The lowest BCUT2D eigenvalue weighted by Crippen LogP contribution is -2.79. The summed E-state index contributed by atoms with van der Waals surface area (Å²) in [5.74, 6) is 1.43. The number of hydrogen-bond acceptors (Lipinski definition) is 4. The predicted octanol–water partition coefficient (Wildman–Crippen LogP) is 2.24. The van der Waals surface area contributed by atoms with E-state index in [1.807, 2.05) is 6.20 Å². The lowest BCUT2D eigenvalue weighted by molar-refractivity contribution is -0.220. The molecule has 0 aliphatic carbocycles. The summed E-state index contributed by atoms with van der Waals surface area (Å²) in [7, 11) is 0. The van der Waals surface area contributed by atoms with Gasteiger partial charge in [-0.1, -0.05) is 6.08 Å². The maximum absolute atomic E-state index is 11.5. The topological polar surface area (TPSA) is 55.8 Å². The lowest BCUT2D eigenvalue weighted by atomic mass is 9.62. The Bertz CT molecular complexity index is 590. The maximum atomic E-state index is 11.5. The largest absolute Gasteiger partial charge is 0.396 e. The number of carbonyl (C=O) groups is 1. The number of amides is 1. The molecule has 144 valence electrons. The third-order valence-electron chi connectivity index (χ3n) is 7.17. The highest BCUT2D eigenvalue weighted by Crippen LogP contribution is 2.54. The third-order valence-corrected chi connectivity index (χ3v) is 7.17. The summed E-state index contributed by atoms with van der Waals surface area (Å²) >= 11 is 0. The molecule has 5 aliphatic heterocycles. The van der Waals surface area contributed by atoms with Crippen molar-refractivity contribution in [3.05, 3.63) is 24.4 Å². The van der Waals surface area contributed by atoms with Gasteiger partial charge in [-0.15, -0.1) is 6.58 Å². The number of aliphatic hydroxyl groups excluding tert-OH is 1. The molecule has 8 atom stereocenters. The van der Waals surface area contributed by atoms with Gasteiger partial charge in [0.2, 0.25) is 5.91 Å². The van der Waals surface area contributed by atoms with Crippen LogP contribution in [0.1, 0.15) is 51.9 Å². The van der Waals surface area contributed by atoms with E-state index < -0.39 is 0 Å². The fourth-order valence-electron chi connectivity index (χ4n) is 6.35. The van der Waals surface area contributed by atoms with Crippen LogP contribution < -0.4 is 5.32 Å². The molecule has 0 aromatic rings. The van der Waals surface area contributed by atoms with Crippen molar-refractivity contribution in [2.24, 2.45) is 11.8 Å². The first-order valence-electron chi connectivity index (χ1n) is 10.4. The van der Waals surface area contributed by atoms with Gasteiger partial charge in [-0.2, -0.15) is 0 Å². The van der Waals surface area contributed by atoms with Gasteiger partial charge in [0.1, 0.15) is 0 Å². The molecule has 5 saturated heterocycles. The minimum Gasteiger partial charge on any atom is -0.396 e. The average molecular weight is 360 g/mol. The monoisotopic (exact) mass is 359 g/mol. The minimum atomic E-state index is 0.0179. The number of aliphatic hydroxyl groups is 1. The van der Waals surface area contributed by atoms with Crippen LogP contribution in [0.2, 0.25) is 0 Å². The summed E-state index contributed by atoms with van der Waals surface area (Å²) in [6, 6.07) is 1.71. The van der Waals surface area contributed by atoms with Crippen molar-refractivity contribution in [3.63, 3.8) is 0 Å². The second-order valence-electron chi connectivity index (χ2n) is 8.57. The van der Waals surface area contributed by atoms with E-state index in [0.717, 1.165) is 38.0 Å². The van der Waals surface area contributed by atoms with Gasteiger partial charge in [0, 0.05) is 44.4 Å². The van der Waals surface area contributed by atoms with Crippen molar-refractivity contribution in [2.45, 2.75) is 76.2 Å². The fourth-order valence-corrected chi connectivity index (χ4v) is 6.35. The molecular formula is C21H33N3O2. The zero-order valence-electron chi connectivity index (χ0n) is 15.9. The van der Waals surface area contributed by atoms with Crippen LogP contribution in [-0.2, 0) is 4.79 Å². The Hall–Kier alpha value is -1.17. The van der Waals surface area contributed by atoms with Crippen LogP contribution in [0.25, 0.3) is 0 Å². The van der Waals surface area contributed by atoms with E-state index >= 15 is 0 Å². The second kappa shape index (κ2) is 7.45. The van der Waals surface area contributed by atoms with Gasteiger partial charge in [-0.25, -0.2) is 0 Å². The molecule has 5 heterocycles. The van der Waals surface area contributed by atoms with Crippen LogP contribution >= 0.6 is 0 Å². The van der Waals surface area contributed by atoms with Crippen LogP contribution in [0.3, 0.4) is 0 Å². The number of rotatable bonds is 7. The molecule has 5 aliphatic rings. The number of nitrogens with one attached hydrogen (secondary N) is 1. The molecule has 0 aromatic heterocycles. The Morgan fingerprint density at radius 3 is 2.96 bits per heavy atom. The van der Waals surface area contributed by atoms with Crippen molar-refractivity contribution in [3.8, 4) is 0 Å². The number of unbranched alkanes of at least 4 members (excludes halogenated alkanes) is 1. The zero-order valence-corrected chi connectivity index (χ0v) is 15.9. The van der Waals surface area contributed by atoms with E-state index in [0.29, 0.717) is 36.8 Å². The third kappa shape index (κ3) is 2.94. The minimum absolute atomic E-state index is 0.0179. The number of piperidine rings is 3. The summed E-state index contributed by atoms with van der Waals surface area (Å²) in [5, 5.41) is 12.1. The highest BCUT2D eigenvalue weighted by molar-refractivity contribution is 5.74. The second-order valence-corrected chi connectivity index (χ2v) is 8.57. The molecule has 0 saturated carbocycles. The Balaban J connectivity index is 1.63. The fraction of sp³-hybridized carbons (Fsp3) is 0.762. The van der Waals surface area contributed by atoms with Crippen molar-refractivity contribution < 1.29 is 9.90 Å². The number of hydrogen-bond donors (Lipinski definition) is 2. The molecule has 26 heavy (non-hydrogen) atoms. The number of carbonyl (C=O) groups excluding carboxylic acids is 1. The molecule has 0 aromatic carbocycles. The summed E-state index contributed by atoms with van der Waals surface area (Å²) in [6.45, 7) is 7.13. The van der Waals surface area contributed by atoms with E-state index in [9.17, 15) is 9.90 Å². The van der Waals surface area contributed by atoms with Gasteiger partial charge in [-0.3, -0.25) is 14.6 Å². The summed E-state index contributed by atoms with van der Waals surface area (Å²) < 4.78 is 0. The molecule has 5 heteroatoms. The smallest absolute Gasteiger partial charge is 0.220 e. The van der Waals surface area contributed by atoms with Crippen molar-refractivity contribution >= 4 is 5.91 Å². The Kier molecular flexibility index (Phi) is 5.22. The molecule has 2 N–H and O–H groups in total. The molecule has 6 bridgehead atoms. The summed E-state index contributed by atoms with van der Waals surface area (Å²) in [6.07, 6.45) is 12.5. The zero-order chi connectivity index (χ0) is 18.3. The normalized spacial score (nSPS) is 44.3. The van der Waals surface area contributed by atoms with Gasteiger partial charge in [0.25, 0.3) is 0 Å². The summed E-state index contributed by atoms with van der Waals surface area (Å²) in [4.78, 5) is 17.0. The van der Waals surface area contributed by atoms with E-state index in [-0.39, 0.29) is 5.91 Å². The van der Waals surface area contributed by atoms with Crippen molar-refractivity contribution in [1.29, 1.82) is 0 Å². The predicted molar refractivity (Wildman–Crippen MR) is 102 cm³/mol. The maximum Gasteiger partial charge on any atom is 0.220 e. The Morgan fingerprint density at radius 2 is 2.23 bits per heavy atom. The van der Waals surface area contributed by atoms with E-state index in [4.69, 9.17) is 0 Å². The van der Waals surface area contributed by atoms with Crippen LogP contribution in [0.4, 0.5) is 0 Å². The van der Waals surface area contributed by atoms with Crippen LogP contribution in [0, 0.1) is 11.8 Å². The van der Waals surface area contributed by atoms with Gasteiger partial charge >= 0.3 is 0 Å². The van der Waals surface area contributed by atoms with Crippen molar-refractivity contribution in [2.75, 3.05) is 13.2 Å². The first-order valence-corrected chi connectivity index (χ1v) is 10.4. The molecule has 5 rings (SSSR count). The van der Waals surface area contributed by atoms with E-state index in [1.165, 1.54) is 25.0 Å². The summed E-state index contributed by atoms with van der Waals surface area (Å²) in [5.41, 5.74) is 1.42. The first-order chi connectivity index (χ1) is 12.7. The molecule has 5 fully saturated rings. The van der Waals surface area contributed by atoms with Gasteiger partial charge < -0.3 is 10.4 Å².